The number of nitrogens with one attached hydrogen (secondary N) is 1. The number of halogens is 2. The molecule has 0 aliphatic rings. The number of anilines is 1. The Labute approximate surface area is 95.8 Å². The van der Waals surface area contributed by atoms with Gasteiger partial charge in [-0.25, -0.2) is 17.9 Å². The SMILES string of the molecule is NS(=O)(=O)CCNc1ccc(Br)c(F)c1. The molecule has 0 fully saturated rings. The van der Waals surface area contributed by atoms with Gasteiger partial charge in [0, 0.05) is 12.2 Å². The topological polar surface area (TPSA) is 72.2 Å². The average Bonchev–Trinajstić information content (AvgIpc) is 2.09. The van der Waals surface area contributed by atoms with Crippen LogP contribution in [0.5, 0.6) is 0 Å². The van der Waals surface area contributed by atoms with E-state index in [0.717, 1.165) is 0 Å². The molecule has 0 saturated heterocycles. The highest BCUT2D eigenvalue weighted by atomic mass is 79.9. The van der Waals surface area contributed by atoms with Gasteiger partial charge in [-0.05, 0) is 34.1 Å². The van der Waals surface area contributed by atoms with E-state index in [4.69, 9.17) is 5.14 Å². The highest BCUT2D eigenvalue weighted by Gasteiger charge is 2.03. The summed E-state index contributed by atoms with van der Waals surface area (Å²) in [7, 11) is -3.48. The molecule has 0 aliphatic carbocycles. The zero-order valence-electron chi connectivity index (χ0n) is 7.70. The molecule has 1 rings (SSSR count). The van der Waals surface area contributed by atoms with Crippen molar-refractivity contribution in [2.45, 2.75) is 0 Å². The molecule has 0 spiro atoms. The molecule has 0 radical (unpaired) electrons. The molecule has 0 atom stereocenters. The van der Waals surface area contributed by atoms with Gasteiger partial charge in [0.2, 0.25) is 10.0 Å². The van der Waals surface area contributed by atoms with Gasteiger partial charge in [-0.2, -0.15) is 0 Å². The Morgan fingerprint density at radius 3 is 2.67 bits per heavy atom. The second-order valence-corrected chi connectivity index (χ2v) is 5.51. The van der Waals surface area contributed by atoms with Crippen LogP contribution in [0.25, 0.3) is 0 Å². The van der Waals surface area contributed by atoms with Gasteiger partial charge in [-0.3, -0.25) is 0 Å². The van der Waals surface area contributed by atoms with E-state index in [9.17, 15) is 12.8 Å². The predicted octanol–water partition coefficient (Wildman–Crippen LogP) is 1.29. The van der Waals surface area contributed by atoms with Crippen LogP contribution in [0.2, 0.25) is 0 Å². The van der Waals surface area contributed by atoms with E-state index in [0.29, 0.717) is 10.2 Å². The Hall–Kier alpha value is -0.660. The van der Waals surface area contributed by atoms with Crippen LogP contribution in [0.3, 0.4) is 0 Å². The molecule has 15 heavy (non-hydrogen) atoms. The highest BCUT2D eigenvalue weighted by molar-refractivity contribution is 9.10. The van der Waals surface area contributed by atoms with Crippen molar-refractivity contribution in [1.82, 2.24) is 0 Å². The van der Waals surface area contributed by atoms with Crippen molar-refractivity contribution >= 4 is 31.6 Å². The molecular formula is C8H10BrFN2O2S. The molecule has 0 saturated carbocycles. The summed E-state index contributed by atoms with van der Waals surface area (Å²) in [5, 5.41) is 7.55. The molecule has 3 N–H and O–H groups in total. The number of nitrogens with two attached hydrogens (primary N) is 1. The monoisotopic (exact) mass is 296 g/mol. The number of hydrogen-bond acceptors (Lipinski definition) is 3. The molecular weight excluding hydrogens is 287 g/mol. The summed E-state index contributed by atoms with van der Waals surface area (Å²) in [4.78, 5) is 0. The molecule has 7 heteroatoms. The maximum Gasteiger partial charge on any atom is 0.210 e. The summed E-state index contributed by atoms with van der Waals surface area (Å²) in [6.07, 6.45) is 0. The minimum absolute atomic E-state index is 0.153. The van der Waals surface area contributed by atoms with Crippen molar-refractivity contribution in [3.8, 4) is 0 Å². The number of rotatable bonds is 4. The molecule has 1 aromatic rings. The average molecular weight is 297 g/mol. The third-order valence-corrected chi connectivity index (χ3v) is 3.05. The van der Waals surface area contributed by atoms with Gasteiger partial charge in [-0.1, -0.05) is 0 Å². The smallest absolute Gasteiger partial charge is 0.210 e. The number of primary sulfonamides is 1. The maximum atomic E-state index is 13.0. The second-order valence-electron chi connectivity index (χ2n) is 2.92. The fourth-order valence-electron chi connectivity index (χ4n) is 0.944. The van der Waals surface area contributed by atoms with Crippen molar-refractivity contribution in [2.75, 3.05) is 17.6 Å². The predicted molar refractivity (Wildman–Crippen MR) is 60.6 cm³/mol. The summed E-state index contributed by atoms with van der Waals surface area (Å²) in [5.74, 6) is -0.597. The van der Waals surface area contributed by atoms with Crippen molar-refractivity contribution in [3.05, 3.63) is 28.5 Å². The normalized spacial score (nSPS) is 11.4. The molecule has 0 amide bonds. The van der Waals surface area contributed by atoms with E-state index in [-0.39, 0.29) is 12.3 Å². The Balaban J connectivity index is 2.55. The molecule has 0 unspecified atom stereocenters. The van der Waals surface area contributed by atoms with Crippen LogP contribution < -0.4 is 10.5 Å². The minimum Gasteiger partial charge on any atom is -0.384 e. The summed E-state index contributed by atoms with van der Waals surface area (Å²) in [5.41, 5.74) is 0.513. The zero-order valence-corrected chi connectivity index (χ0v) is 10.1. The van der Waals surface area contributed by atoms with Gasteiger partial charge in [0.15, 0.2) is 0 Å². The summed E-state index contributed by atoms with van der Waals surface area (Å²) in [6, 6.07) is 4.44. The minimum atomic E-state index is -3.48. The molecule has 0 heterocycles. The van der Waals surface area contributed by atoms with Crippen LogP contribution in [-0.4, -0.2) is 20.7 Å². The molecule has 0 aliphatic heterocycles. The van der Waals surface area contributed by atoms with Crippen molar-refractivity contribution in [2.24, 2.45) is 5.14 Å². The van der Waals surface area contributed by atoms with Gasteiger partial charge >= 0.3 is 0 Å². The van der Waals surface area contributed by atoms with E-state index in [2.05, 4.69) is 21.2 Å². The van der Waals surface area contributed by atoms with E-state index in [1.165, 1.54) is 12.1 Å². The number of benzene rings is 1. The number of hydrogen-bond donors (Lipinski definition) is 2. The standard InChI is InChI=1S/C8H10BrFN2O2S/c9-7-2-1-6(5-8(7)10)12-3-4-15(11,13)14/h1-2,5,12H,3-4H2,(H2,11,13,14). The Kier molecular flexibility index (Phi) is 4.06. The van der Waals surface area contributed by atoms with Gasteiger partial charge in [-0.15, -0.1) is 0 Å². The quantitative estimate of drug-likeness (QED) is 0.879. The van der Waals surface area contributed by atoms with Crippen molar-refractivity contribution in [3.63, 3.8) is 0 Å². The first kappa shape index (κ1) is 12.4. The van der Waals surface area contributed by atoms with E-state index < -0.39 is 15.8 Å². The fourth-order valence-corrected chi connectivity index (χ4v) is 1.58. The second kappa shape index (κ2) is 4.91. The summed E-state index contributed by atoms with van der Waals surface area (Å²) < 4.78 is 34.6. The molecule has 84 valence electrons. The fraction of sp³-hybridized carbons (Fsp3) is 0.250. The van der Waals surface area contributed by atoms with Gasteiger partial charge in [0.05, 0.1) is 10.2 Å². The Bertz CT molecular complexity index is 450. The van der Waals surface area contributed by atoms with Crippen LogP contribution in [0.4, 0.5) is 10.1 Å². The maximum absolute atomic E-state index is 13.0. The lowest BCUT2D eigenvalue weighted by Crippen LogP contribution is -2.22. The van der Waals surface area contributed by atoms with Crippen LogP contribution >= 0.6 is 15.9 Å². The van der Waals surface area contributed by atoms with Gasteiger partial charge in [0.25, 0.3) is 0 Å². The molecule has 0 bridgehead atoms. The Morgan fingerprint density at radius 2 is 2.13 bits per heavy atom. The van der Waals surface area contributed by atoms with Crippen LogP contribution in [0.1, 0.15) is 0 Å². The first-order valence-electron chi connectivity index (χ1n) is 4.08. The Morgan fingerprint density at radius 1 is 1.47 bits per heavy atom. The van der Waals surface area contributed by atoms with Gasteiger partial charge < -0.3 is 5.32 Å². The van der Waals surface area contributed by atoms with E-state index >= 15 is 0 Å². The third-order valence-electron chi connectivity index (χ3n) is 1.64. The van der Waals surface area contributed by atoms with Gasteiger partial charge in [0.1, 0.15) is 5.82 Å². The largest absolute Gasteiger partial charge is 0.384 e. The van der Waals surface area contributed by atoms with E-state index in [1.54, 1.807) is 6.07 Å². The number of sulfonamides is 1. The van der Waals surface area contributed by atoms with Crippen LogP contribution in [0, 0.1) is 5.82 Å². The lowest BCUT2D eigenvalue weighted by atomic mass is 10.3. The molecule has 1 aromatic carbocycles. The third kappa shape index (κ3) is 4.59. The van der Waals surface area contributed by atoms with Crippen molar-refractivity contribution in [1.29, 1.82) is 0 Å². The highest BCUT2D eigenvalue weighted by Crippen LogP contribution is 2.18. The first-order chi connectivity index (χ1) is 6.88. The lowest BCUT2D eigenvalue weighted by Gasteiger charge is -2.05. The lowest BCUT2D eigenvalue weighted by molar-refractivity contribution is 0.598. The van der Waals surface area contributed by atoms with E-state index in [1.807, 2.05) is 0 Å². The zero-order chi connectivity index (χ0) is 11.5. The molecule has 4 nitrogen and oxygen atoms in total. The molecule has 0 aromatic heterocycles. The van der Waals surface area contributed by atoms with Crippen LogP contribution in [0.15, 0.2) is 22.7 Å². The van der Waals surface area contributed by atoms with Crippen molar-refractivity contribution < 1.29 is 12.8 Å². The van der Waals surface area contributed by atoms with Crippen LogP contribution in [-0.2, 0) is 10.0 Å². The summed E-state index contributed by atoms with van der Waals surface area (Å²) in [6.45, 7) is 0.153. The first-order valence-corrected chi connectivity index (χ1v) is 6.59. The summed E-state index contributed by atoms with van der Waals surface area (Å²) >= 11 is 3.01.